The minimum Gasteiger partial charge on any atom is -0.475 e. The van der Waals surface area contributed by atoms with Gasteiger partial charge in [-0.05, 0) is 63.3 Å². The van der Waals surface area contributed by atoms with Gasteiger partial charge in [0, 0.05) is 30.9 Å². The number of fused-ring (bicyclic) bond motifs is 1. The van der Waals surface area contributed by atoms with Gasteiger partial charge in [0.1, 0.15) is 18.4 Å². The summed E-state index contributed by atoms with van der Waals surface area (Å²) < 4.78 is 54.9. The summed E-state index contributed by atoms with van der Waals surface area (Å²) in [7, 11) is 1.50. The van der Waals surface area contributed by atoms with Crippen LogP contribution in [0.2, 0.25) is 0 Å². The molecule has 0 radical (unpaired) electrons. The number of rotatable bonds is 10. The first-order valence-electron chi connectivity index (χ1n) is 12.1. The molecule has 13 heteroatoms. The lowest BCUT2D eigenvalue weighted by atomic mass is 10.0. The summed E-state index contributed by atoms with van der Waals surface area (Å²) in [5.74, 6) is -4.17. The first-order chi connectivity index (χ1) is 18.8. The van der Waals surface area contributed by atoms with Crippen molar-refractivity contribution in [2.75, 3.05) is 36.7 Å². The fourth-order valence-electron chi connectivity index (χ4n) is 3.91. The predicted octanol–water partition coefficient (Wildman–Crippen LogP) is 4.73. The summed E-state index contributed by atoms with van der Waals surface area (Å²) in [6, 6.07) is 8.06. The quantitative estimate of drug-likeness (QED) is 0.269. The normalized spacial score (nSPS) is 11.6. The van der Waals surface area contributed by atoms with E-state index in [0.717, 1.165) is 12.1 Å². The maximum atomic E-state index is 15.5. The third kappa shape index (κ3) is 6.24. The number of hydrogen-bond acceptors (Lipinski definition) is 8. The zero-order valence-corrected chi connectivity index (χ0v) is 23.4. The van der Waals surface area contributed by atoms with E-state index in [4.69, 9.17) is 21.7 Å². The molecule has 0 spiro atoms. The summed E-state index contributed by atoms with van der Waals surface area (Å²) in [5, 5.41) is 18.6. The van der Waals surface area contributed by atoms with E-state index in [2.05, 4.69) is 9.97 Å². The van der Waals surface area contributed by atoms with E-state index in [-0.39, 0.29) is 64.7 Å². The second kappa shape index (κ2) is 12.0. The summed E-state index contributed by atoms with van der Waals surface area (Å²) in [6.07, 6.45) is 0.609. The molecular weight excluding hydrogens is 547 g/mol. The third-order valence-corrected chi connectivity index (χ3v) is 6.33. The summed E-state index contributed by atoms with van der Waals surface area (Å²) in [5.41, 5.74) is -1.82. The molecule has 0 aliphatic heterocycles. The molecule has 40 heavy (non-hydrogen) atoms. The van der Waals surface area contributed by atoms with Crippen LogP contribution in [0.1, 0.15) is 38.8 Å². The summed E-state index contributed by atoms with van der Waals surface area (Å²) in [4.78, 5) is 23.2. The fourth-order valence-corrected chi connectivity index (χ4v) is 4.35. The standard InChI is InChI=1S/C27H28F3N5O4S/c1-6-38-24-32-22-19(23(33-24)39-10-9-36)11-18(13-21(22)28)35(26(2,3)15-37)25(40)34(5)17-8-7-16(14-31)20(12-17)27(4,29)30/h7-8,11-13,15,36H,6,9-10H2,1-5H3. The van der Waals surface area contributed by atoms with Gasteiger partial charge in [0.2, 0.25) is 5.88 Å². The Balaban J connectivity index is 2.20. The Morgan fingerprint density at radius 2 is 1.88 bits per heavy atom. The molecule has 0 aliphatic rings. The lowest BCUT2D eigenvalue weighted by molar-refractivity contribution is -0.111. The zero-order chi connectivity index (χ0) is 29.8. The Bertz CT molecular complexity index is 1470. The minimum absolute atomic E-state index is 0.0318. The number of aromatic nitrogens is 2. The molecule has 1 N–H and O–H groups in total. The number of hydrogen-bond donors (Lipinski definition) is 1. The van der Waals surface area contributed by atoms with Gasteiger partial charge in [-0.2, -0.15) is 15.2 Å². The van der Waals surface area contributed by atoms with Gasteiger partial charge < -0.3 is 29.2 Å². The highest BCUT2D eigenvalue weighted by molar-refractivity contribution is 7.80. The maximum absolute atomic E-state index is 15.5. The average molecular weight is 576 g/mol. The van der Waals surface area contributed by atoms with E-state index in [1.807, 2.05) is 0 Å². The first-order valence-corrected chi connectivity index (χ1v) is 12.5. The Labute approximate surface area is 234 Å². The third-order valence-electron chi connectivity index (χ3n) is 5.87. The molecule has 2 aromatic carbocycles. The second-order valence-corrected chi connectivity index (χ2v) is 9.68. The molecular formula is C27H28F3N5O4S. The van der Waals surface area contributed by atoms with Crippen LogP contribution in [0.5, 0.6) is 11.9 Å². The summed E-state index contributed by atoms with van der Waals surface area (Å²) >= 11 is 5.70. The second-order valence-electron chi connectivity index (χ2n) is 9.32. The molecule has 0 fully saturated rings. The number of thiocarbonyl (C=S) groups is 1. The molecule has 1 aromatic heterocycles. The summed E-state index contributed by atoms with van der Waals surface area (Å²) in [6.45, 7) is 5.22. The van der Waals surface area contributed by atoms with Crippen molar-refractivity contribution < 1.29 is 32.5 Å². The van der Waals surface area contributed by atoms with E-state index >= 15 is 4.39 Å². The van der Waals surface area contributed by atoms with Crippen LogP contribution in [0.3, 0.4) is 0 Å². The monoisotopic (exact) mass is 575 g/mol. The van der Waals surface area contributed by atoms with Crippen molar-refractivity contribution in [3.05, 3.63) is 47.3 Å². The van der Waals surface area contributed by atoms with Crippen LogP contribution in [0.15, 0.2) is 30.3 Å². The number of carbonyl (C=O) groups excluding carboxylic acids is 1. The van der Waals surface area contributed by atoms with Crippen molar-refractivity contribution >= 4 is 45.9 Å². The number of aldehydes is 1. The number of benzene rings is 2. The van der Waals surface area contributed by atoms with Gasteiger partial charge in [0.05, 0.1) is 35.8 Å². The van der Waals surface area contributed by atoms with Crippen LogP contribution >= 0.6 is 12.2 Å². The van der Waals surface area contributed by atoms with E-state index in [9.17, 15) is 23.9 Å². The van der Waals surface area contributed by atoms with Crippen LogP contribution < -0.4 is 19.3 Å². The lowest BCUT2D eigenvalue weighted by Gasteiger charge is -2.40. The molecule has 0 unspecified atom stereocenters. The topological polar surface area (TPSA) is 112 Å². The van der Waals surface area contributed by atoms with Gasteiger partial charge in [0.15, 0.2) is 10.9 Å². The SMILES string of the molecule is CCOc1nc(OCCO)c2cc(N(C(=S)N(C)c3ccc(C#N)c(C(C)(F)F)c3)C(C)(C)C=O)cc(F)c2n1. The highest BCUT2D eigenvalue weighted by Gasteiger charge is 2.34. The van der Waals surface area contributed by atoms with Crippen LogP contribution in [0, 0.1) is 17.1 Å². The Morgan fingerprint density at radius 1 is 1.18 bits per heavy atom. The molecule has 0 saturated carbocycles. The van der Waals surface area contributed by atoms with Crippen molar-refractivity contribution in [3.63, 3.8) is 0 Å². The average Bonchev–Trinajstić information content (AvgIpc) is 2.91. The number of alkyl halides is 2. The van der Waals surface area contributed by atoms with Crippen LogP contribution in [-0.2, 0) is 10.7 Å². The predicted molar refractivity (Wildman–Crippen MR) is 148 cm³/mol. The Hall–Kier alpha value is -4.02. The number of anilines is 2. The Kier molecular flexibility index (Phi) is 9.17. The first kappa shape index (κ1) is 30.5. The van der Waals surface area contributed by atoms with E-state index in [0.29, 0.717) is 13.2 Å². The number of nitrogens with zero attached hydrogens (tertiary/aromatic N) is 5. The van der Waals surface area contributed by atoms with Crippen LogP contribution in [-0.4, -0.2) is 58.9 Å². The highest BCUT2D eigenvalue weighted by atomic mass is 32.1. The van der Waals surface area contributed by atoms with Crippen molar-refractivity contribution in [1.29, 1.82) is 5.26 Å². The van der Waals surface area contributed by atoms with Gasteiger partial charge in [-0.1, -0.05) is 0 Å². The largest absolute Gasteiger partial charge is 0.475 e. The van der Waals surface area contributed by atoms with E-state index in [1.165, 1.54) is 35.0 Å². The van der Waals surface area contributed by atoms with E-state index in [1.54, 1.807) is 26.8 Å². The number of aliphatic hydroxyl groups is 1. The van der Waals surface area contributed by atoms with Gasteiger partial charge in [0.25, 0.3) is 5.92 Å². The number of carbonyl (C=O) groups is 1. The zero-order valence-electron chi connectivity index (χ0n) is 22.5. The molecule has 9 nitrogen and oxygen atoms in total. The number of ether oxygens (including phenoxy) is 2. The molecule has 0 bridgehead atoms. The van der Waals surface area contributed by atoms with Crippen molar-refractivity contribution in [2.45, 2.75) is 39.2 Å². The molecule has 0 atom stereocenters. The molecule has 3 rings (SSSR count). The molecule has 0 amide bonds. The van der Waals surface area contributed by atoms with E-state index < -0.39 is 22.8 Å². The van der Waals surface area contributed by atoms with Gasteiger partial charge >= 0.3 is 6.01 Å². The van der Waals surface area contributed by atoms with Gasteiger partial charge in [-0.3, -0.25) is 0 Å². The van der Waals surface area contributed by atoms with Crippen LogP contribution in [0.25, 0.3) is 10.9 Å². The van der Waals surface area contributed by atoms with Crippen molar-refractivity contribution in [3.8, 4) is 18.0 Å². The van der Waals surface area contributed by atoms with Crippen molar-refractivity contribution in [2.24, 2.45) is 0 Å². The number of nitriles is 1. The van der Waals surface area contributed by atoms with Gasteiger partial charge in [-0.15, -0.1) is 0 Å². The Morgan fingerprint density at radius 3 is 2.45 bits per heavy atom. The molecule has 0 aliphatic carbocycles. The van der Waals surface area contributed by atoms with Gasteiger partial charge in [-0.25, -0.2) is 13.2 Å². The lowest BCUT2D eigenvalue weighted by Crippen LogP contribution is -2.54. The highest BCUT2D eigenvalue weighted by Crippen LogP contribution is 2.36. The maximum Gasteiger partial charge on any atom is 0.320 e. The molecule has 0 saturated heterocycles. The minimum atomic E-state index is -3.31. The number of halogens is 3. The smallest absolute Gasteiger partial charge is 0.320 e. The molecule has 3 aromatic rings. The molecule has 212 valence electrons. The van der Waals surface area contributed by atoms with Crippen molar-refractivity contribution in [1.82, 2.24) is 9.97 Å². The fraction of sp³-hybridized carbons (Fsp3) is 0.370. The molecule has 1 heterocycles. The van der Waals surface area contributed by atoms with Crippen LogP contribution in [0.4, 0.5) is 24.5 Å². The number of aliphatic hydroxyl groups excluding tert-OH is 1.